The lowest BCUT2D eigenvalue weighted by molar-refractivity contribution is 0.0384. The molecule has 1 aliphatic heterocycles. The molecule has 7 heteroatoms. The number of morpholine rings is 1. The summed E-state index contributed by atoms with van der Waals surface area (Å²) in [4.78, 5) is 2.41. The maximum atomic E-state index is 13.6. The van der Waals surface area contributed by atoms with Gasteiger partial charge in [0.05, 0.1) is 13.2 Å². The topological polar surface area (TPSA) is 33.7 Å². The van der Waals surface area contributed by atoms with Gasteiger partial charge in [0.25, 0.3) is 0 Å². The van der Waals surface area contributed by atoms with Gasteiger partial charge >= 0.3 is 0 Å². The molecule has 0 aromatic heterocycles. The lowest BCUT2D eigenvalue weighted by Crippen LogP contribution is -2.40. The van der Waals surface area contributed by atoms with Crippen LogP contribution in [0.5, 0.6) is 5.75 Å². The smallest absolute Gasteiger partial charge is 0.129 e. The van der Waals surface area contributed by atoms with E-state index in [1.54, 1.807) is 12.1 Å². The molecular formula is C20H27Cl2FN2O2. The Morgan fingerprint density at radius 2 is 1.81 bits per heavy atom. The minimum atomic E-state index is -0.233. The standard InChI is InChI=1S/C20H25FN2O2.2ClH/c21-20-7-2-1-5-18(20)16-25-19-6-3-4-17(14-19)15-22-8-9-23-10-12-24-13-11-23;;/h1-7,14,22H,8-13,15-16H2;2*1H. The lowest BCUT2D eigenvalue weighted by atomic mass is 10.2. The summed E-state index contributed by atoms with van der Waals surface area (Å²) in [5.74, 6) is 0.527. The number of nitrogens with one attached hydrogen (secondary N) is 1. The van der Waals surface area contributed by atoms with Gasteiger partial charge in [-0.2, -0.15) is 0 Å². The van der Waals surface area contributed by atoms with Crippen LogP contribution in [0.15, 0.2) is 48.5 Å². The number of halogens is 3. The van der Waals surface area contributed by atoms with Crippen LogP contribution in [0.2, 0.25) is 0 Å². The molecular weight excluding hydrogens is 390 g/mol. The summed E-state index contributed by atoms with van der Waals surface area (Å²) >= 11 is 0. The molecule has 27 heavy (non-hydrogen) atoms. The van der Waals surface area contributed by atoms with Crippen molar-refractivity contribution in [2.75, 3.05) is 39.4 Å². The Labute approximate surface area is 172 Å². The largest absolute Gasteiger partial charge is 0.489 e. The van der Waals surface area contributed by atoms with Crippen molar-refractivity contribution < 1.29 is 13.9 Å². The molecule has 1 saturated heterocycles. The number of rotatable bonds is 8. The zero-order chi connectivity index (χ0) is 17.3. The van der Waals surface area contributed by atoms with E-state index in [0.717, 1.165) is 57.3 Å². The molecule has 3 rings (SSSR count). The number of nitrogens with zero attached hydrogens (tertiary/aromatic N) is 1. The lowest BCUT2D eigenvalue weighted by Gasteiger charge is -2.26. The SMILES string of the molecule is Cl.Cl.Fc1ccccc1COc1cccc(CNCCN2CCOCC2)c1. The Morgan fingerprint density at radius 3 is 2.59 bits per heavy atom. The second-order valence-corrected chi connectivity index (χ2v) is 6.16. The summed E-state index contributed by atoms with van der Waals surface area (Å²) in [5.41, 5.74) is 1.73. The molecule has 0 bridgehead atoms. The van der Waals surface area contributed by atoms with E-state index in [0.29, 0.717) is 5.56 Å². The molecule has 1 aliphatic rings. The Morgan fingerprint density at radius 1 is 1.04 bits per heavy atom. The molecule has 150 valence electrons. The minimum Gasteiger partial charge on any atom is -0.489 e. The fraction of sp³-hybridized carbons (Fsp3) is 0.400. The summed E-state index contributed by atoms with van der Waals surface area (Å²) < 4.78 is 24.7. The van der Waals surface area contributed by atoms with Crippen molar-refractivity contribution in [1.29, 1.82) is 0 Å². The summed E-state index contributed by atoms with van der Waals surface area (Å²) in [5, 5.41) is 3.46. The molecule has 0 amide bonds. The number of hydrogen-bond acceptors (Lipinski definition) is 4. The average Bonchev–Trinajstić information content (AvgIpc) is 2.66. The van der Waals surface area contributed by atoms with Crippen LogP contribution in [0.3, 0.4) is 0 Å². The van der Waals surface area contributed by atoms with Crippen LogP contribution >= 0.6 is 24.8 Å². The number of ether oxygens (including phenoxy) is 2. The van der Waals surface area contributed by atoms with Gasteiger partial charge in [0.15, 0.2) is 0 Å². The maximum absolute atomic E-state index is 13.6. The number of hydrogen-bond donors (Lipinski definition) is 1. The molecule has 1 fully saturated rings. The van der Waals surface area contributed by atoms with Gasteiger partial charge in [0.1, 0.15) is 18.2 Å². The van der Waals surface area contributed by atoms with E-state index in [1.807, 2.05) is 24.3 Å². The molecule has 4 nitrogen and oxygen atoms in total. The first kappa shape index (κ1) is 23.7. The van der Waals surface area contributed by atoms with Crippen molar-refractivity contribution in [2.24, 2.45) is 0 Å². The van der Waals surface area contributed by atoms with E-state index < -0.39 is 0 Å². The third-order valence-electron chi connectivity index (χ3n) is 4.29. The normalized spacial score (nSPS) is 14.1. The van der Waals surface area contributed by atoms with Gasteiger partial charge in [-0.05, 0) is 23.8 Å². The van der Waals surface area contributed by atoms with Crippen LogP contribution < -0.4 is 10.1 Å². The highest BCUT2D eigenvalue weighted by Gasteiger charge is 2.09. The third-order valence-corrected chi connectivity index (χ3v) is 4.29. The second kappa shape index (κ2) is 12.9. The highest BCUT2D eigenvalue weighted by molar-refractivity contribution is 5.85. The Bertz CT molecular complexity index is 670. The molecule has 0 atom stereocenters. The molecule has 0 aliphatic carbocycles. The molecule has 0 radical (unpaired) electrons. The highest BCUT2D eigenvalue weighted by atomic mass is 35.5. The molecule has 0 spiro atoms. The molecule has 0 saturated carbocycles. The zero-order valence-electron chi connectivity index (χ0n) is 15.2. The van der Waals surface area contributed by atoms with E-state index >= 15 is 0 Å². The van der Waals surface area contributed by atoms with Gasteiger partial charge in [0, 0.05) is 38.3 Å². The van der Waals surface area contributed by atoms with Gasteiger partial charge < -0.3 is 14.8 Å². The van der Waals surface area contributed by atoms with E-state index in [2.05, 4.69) is 16.3 Å². The molecule has 2 aromatic rings. The van der Waals surface area contributed by atoms with Gasteiger partial charge in [0.2, 0.25) is 0 Å². The van der Waals surface area contributed by atoms with Crippen molar-refractivity contribution >= 4 is 24.8 Å². The van der Waals surface area contributed by atoms with Crippen molar-refractivity contribution in [3.8, 4) is 5.75 Å². The summed E-state index contributed by atoms with van der Waals surface area (Å²) in [6.45, 7) is 6.71. The van der Waals surface area contributed by atoms with Gasteiger partial charge in [-0.1, -0.05) is 30.3 Å². The zero-order valence-corrected chi connectivity index (χ0v) is 16.9. The fourth-order valence-corrected chi connectivity index (χ4v) is 2.82. The van der Waals surface area contributed by atoms with Gasteiger partial charge in [-0.25, -0.2) is 4.39 Å². The first-order valence-corrected chi connectivity index (χ1v) is 8.77. The highest BCUT2D eigenvalue weighted by Crippen LogP contribution is 2.16. The van der Waals surface area contributed by atoms with Crippen LogP contribution in [0.4, 0.5) is 4.39 Å². The van der Waals surface area contributed by atoms with Crippen molar-refractivity contribution in [3.05, 3.63) is 65.5 Å². The van der Waals surface area contributed by atoms with Crippen LogP contribution in [0, 0.1) is 5.82 Å². The van der Waals surface area contributed by atoms with Crippen LogP contribution in [-0.2, 0) is 17.9 Å². The van der Waals surface area contributed by atoms with Crippen LogP contribution in [-0.4, -0.2) is 44.3 Å². The molecule has 2 aromatic carbocycles. The fourth-order valence-electron chi connectivity index (χ4n) is 2.82. The quantitative estimate of drug-likeness (QED) is 0.665. The summed E-state index contributed by atoms with van der Waals surface area (Å²) in [7, 11) is 0. The predicted molar refractivity (Wildman–Crippen MR) is 111 cm³/mol. The van der Waals surface area contributed by atoms with Gasteiger partial charge in [-0.3, -0.25) is 4.90 Å². The van der Waals surface area contributed by atoms with Crippen molar-refractivity contribution in [1.82, 2.24) is 10.2 Å². The predicted octanol–water partition coefficient (Wildman–Crippen LogP) is 3.67. The molecule has 1 N–H and O–H groups in total. The molecule has 1 heterocycles. The first-order chi connectivity index (χ1) is 12.3. The van der Waals surface area contributed by atoms with E-state index in [-0.39, 0.29) is 37.2 Å². The number of benzene rings is 2. The minimum absolute atomic E-state index is 0. The average molecular weight is 417 g/mol. The van der Waals surface area contributed by atoms with Gasteiger partial charge in [-0.15, -0.1) is 24.8 Å². The van der Waals surface area contributed by atoms with E-state index in [4.69, 9.17) is 9.47 Å². The summed E-state index contributed by atoms with van der Waals surface area (Å²) in [6, 6.07) is 14.6. The maximum Gasteiger partial charge on any atom is 0.129 e. The third kappa shape index (κ3) is 8.03. The Hall–Kier alpha value is -1.37. The molecule has 0 unspecified atom stereocenters. The Kier molecular flexibility index (Phi) is 11.3. The van der Waals surface area contributed by atoms with Crippen molar-refractivity contribution in [3.63, 3.8) is 0 Å². The first-order valence-electron chi connectivity index (χ1n) is 8.77. The Balaban J connectivity index is 0.00000182. The van der Waals surface area contributed by atoms with E-state index in [1.165, 1.54) is 6.07 Å². The monoisotopic (exact) mass is 416 g/mol. The van der Waals surface area contributed by atoms with E-state index in [9.17, 15) is 4.39 Å². The van der Waals surface area contributed by atoms with Crippen molar-refractivity contribution in [2.45, 2.75) is 13.2 Å². The summed E-state index contributed by atoms with van der Waals surface area (Å²) in [6.07, 6.45) is 0. The second-order valence-electron chi connectivity index (χ2n) is 6.16. The van der Waals surface area contributed by atoms with Crippen LogP contribution in [0.1, 0.15) is 11.1 Å². The van der Waals surface area contributed by atoms with Crippen LogP contribution in [0.25, 0.3) is 0 Å².